The van der Waals surface area contributed by atoms with Crippen molar-refractivity contribution in [2.24, 2.45) is 10.4 Å². The number of aliphatic imine (C=N–C) groups is 1. The summed E-state index contributed by atoms with van der Waals surface area (Å²) in [6, 6.07) is 9.71. The minimum absolute atomic E-state index is 0.122. The van der Waals surface area contributed by atoms with E-state index in [0.717, 1.165) is 36.0 Å². The minimum Gasteiger partial charge on any atom is -0.384 e. The Hall–Kier alpha value is -2.45. The highest BCUT2D eigenvalue weighted by Crippen LogP contribution is 2.55. The first-order chi connectivity index (χ1) is 17.2. The first kappa shape index (κ1) is 27.6. The Labute approximate surface area is 223 Å². The van der Waals surface area contributed by atoms with Crippen LogP contribution in [0.15, 0.2) is 46.5 Å². The van der Waals surface area contributed by atoms with Crippen molar-refractivity contribution < 1.29 is 14.3 Å². The summed E-state index contributed by atoms with van der Waals surface area (Å²) in [6.45, 7) is 16.7. The van der Waals surface area contributed by atoms with Crippen LogP contribution in [0.25, 0.3) is 0 Å². The zero-order chi connectivity index (χ0) is 27.2. The van der Waals surface area contributed by atoms with Gasteiger partial charge in [-0.15, -0.1) is 0 Å². The molecule has 3 aliphatic rings. The Morgan fingerprint density at radius 1 is 1.16 bits per heavy atom. The first-order valence-corrected chi connectivity index (χ1v) is 17.0. The number of ether oxygens (including phenoxy) is 1. The first-order valence-electron chi connectivity index (χ1n) is 13.5. The van der Waals surface area contributed by atoms with Crippen molar-refractivity contribution in [2.75, 3.05) is 26.8 Å². The quantitative estimate of drug-likeness (QED) is 0.475. The van der Waals surface area contributed by atoms with E-state index in [-0.39, 0.29) is 28.4 Å². The molecule has 7 nitrogen and oxygen atoms in total. The number of rotatable bonds is 7. The van der Waals surface area contributed by atoms with Crippen molar-refractivity contribution in [1.82, 2.24) is 15.5 Å². The van der Waals surface area contributed by atoms with Crippen LogP contribution in [0.2, 0.25) is 24.7 Å². The summed E-state index contributed by atoms with van der Waals surface area (Å²) >= 11 is 0. The van der Waals surface area contributed by atoms with Crippen LogP contribution in [0.3, 0.4) is 0 Å². The monoisotopic (exact) mass is 524 g/mol. The number of benzene rings is 1. The second kappa shape index (κ2) is 9.69. The summed E-state index contributed by atoms with van der Waals surface area (Å²) < 4.78 is 5.51. The topological polar surface area (TPSA) is 83.0 Å². The average Bonchev–Trinajstić information content (AvgIpc) is 3.28. The van der Waals surface area contributed by atoms with Gasteiger partial charge in [0.2, 0.25) is 5.91 Å². The average molecular weight is 525 g/mol. The molecule has 0 radical (unpaired) electrons. The molecule has 0 bridgehead atoms. The number of urea groups is 1. The number of amidine groups is 1. The molecule has 1 aromatic rings. The third-order valence-corrected chi connectivity index (χ3v) is 12.6. The summed E-state index contributed by atoms with van der Waals surface area (Å²) in [5.74, 6) is 0.781. The van der Waals surface area contributed by atoms with E-state index in [1.165, 1.54) is 0 Å². The molecular formula is C29H44N4O3Si. The summed E-state index contributed by atoms with van der Waals surface area (Å²) in [6.07, 6.45) is 3.04. The third kappa shape index (κ3) is 4.78. The van der Waals surface area contributed by atoms with Crippen LogP contribution in [-0.2, 0) is 9.53 Å². The van der Waals surface area contributed by atoms with Gasteiger partial charge in [-0.3, -0.25) is 9.79 Å². The maximum absolute atomic E-state index is 13.8. The van der Waals surface area contributed by atoms with Gasteiger partial charge in [-0.1, -0.05) is 70.2 Å². The molecule has 37 heavy (non-hydrogen) atoms. The zero-order valence-corrected chi connectivity index (χ0v) is 24.8. The highest BCUT2D eigenvalue weighted by molar-refractivity contribution is 6.82. The lowest BCUT2D eigenvalue weighted by Gasteiger charge is -2.49. The van der Waals surface area contributed by atoms with Crippen molar-refractivity contribution in [2.45, 2.75) is 83.2 Å². The summed E-state index contributed by atoms with van der Waals surface area (Å²) in [4.78, 5) is 33.9. The van der Waals surface area contributed by atoms with E-state index in [0.29, 0.717) is 25.5 Å². The van der Waals surface area contributed by atoms with Gasteiger partial charge in [-0.25, -0.2) is 4.79 Å². The molecule has 0 spiro atoms. The Morgan fingerprint density at radius 2 is 1.81 bits per heavy atom. The zero-order valence-electron chi connectivity index (χ0n) is 23.8. The molecule has 1 aliphatic carbocycles. The molecule has 3 amide bonds. The van der Waals surface area contributed by atoms with Gasteiger partial charge >= 0.3 is 6.03 Å². The van der Waals surface area contributed by atoms with Gasteiger partial charge in [0, 0.05) is 23.1 Å². The molecule has 2 N–H and O–H groups in total. The Morgan fingerprint density at radius 3 is 2.35 bits per heavy atom. The van der Waals surface area contributed by atoms with Crippen molar-refractivity contribution in [3.05, 3.63) is 47.0 Å². The van der Waals surface area contributed by atoms with Crippen LogP contribution in [0.5, 0.6) is 0 Å². The fourth-order valence-corrected chi connectivity index (χ4v) is 8.89. The molecule has 8 heteroatoms. The van der Waals surface area contributed by atoms with Crippen molar-refractivity contribution >= 4 is 25.8 Å². The van der Waals surface area contributed by atoms with E-state index >= 15 is 0 Å². The number of nitrogens with zero attached hydrogens (tertiary/aromatic N) is 2. The normalized spacial score (nSPS) is 21.2. The van der Waals surface area contributed by atoms with Gasteiger partial charge in [0.15, 0.2) is 0 Å². The van der Waals surface area contributed by atoms with E-state index in [2.05, 4.69) is 58.0 Å². The molecule has 2 heterocycles. The lowest BCUT2D eigenvalue weighted by molar-refractivity contribution is -0.125. The van der Waals surface area contributed by atoms with Crippen LogP contribution in [0, 0.1) is 5.41 Å². The van der Waals surface area contributed by atoms with E-state index in [9.17, 15) is 9.59 Å². The molecule has 1 fully saturated rings. The Balaban J connectivity index is 1.53. The number of carbonyl (C=O) groups is 2. The highest BCUT2D eigenvalue weighted by atomic mass is 28.3. The third-order valence-electron chi connectivity index (χ3n) is 9.03. The number of carbonyl (C=O) groups excluding carboxylic acids is 2. The largest absolute Gasteiger partial charge is 0.384 e. The van der Waals surface area contributed by atoms with Crippen LogP contribution >= 0.6 is 0 Å². The SMILES string of the molecule is COCC(C)(C)C(NC(=O)N1CC2=C(CN=C2NC(=O)C2([Si](C)(C)C)CCC2)C1(C)C)c1ccccc1. The molecule has 2 aliphatic heterocycles. The van der Waals surface area contributed by atoms with Crippen LogP contribution in [-0.4, -0.2) is 63.1 Å². The second-order valence-corrected chi connectivity index (χ2v) is 18.6. The molecule has 1 saturated carbocycles. The smallest absolute Gasteiger partial charge is 0.318 e. The number of amides is 3. The fourth-order valence-electron chi connectivity index (χ4n) is 6.29. The van der Waals surface area contributed by atoms with Crippen LogP contribution in [0.4, 0.5) is 4.79 Å². The minimum atomic E-state index is -1.70. The molecule has 202 valence electrons. The number of hydrogen-bond donors (Lipinski definition) is 2. The van der Waals surface area contributed by atoms with E-state index in [4.69, 9.17) is 9.73 Å². The number of hydrogen-bond acceptors (Lipinski definition) is 4. The van der Waals surface area contributed by atoms with Gasteiger partial charge in [-0.2, -0.15) is 0 Å². The van der Waals surface area contributed by atoms with Gasteiger partial charge < -0.3 is 20.3 Å². The van der Waals surface area contributed by atoms with Gasteiger partial charge in [0.05, 0.1) is 39.4 Å². The van der Waals surface area contributed by atoms with Crippen molar-refractivity contribution in [1.29, 1.82) is 0 Å². The summed E-state index contributed by atoms with van der Waals surface area (Å²) in [5.41, 5.74) is 2.32. The van der Waals surface area contributed by atoms with E-state index < -0.39 is 13.6 Å². The van der Waals surface area contributed by atoms with E-state index in [1.54, 1.807) is 7.11 Å². The second-order valence-electron chi connectivity index (χ2n) is 13.1. The lowest BCUT2D eigenvalue weighted by Crippen LogP contribution is -2.55. The van der Waals surface area contributed by atoms with Gasteiger partial charge in [0.25, 0.3) is 0 Å². The predicted octanol–water partition coefficient (Wildman–Crippen LogP) is 5.29. The molecule has 0 aromatic heterocycles. The summed E-state index contributed by atoms with van der Waals surface area (Å²) in [5, 5.41) is 6.32. The number of nitrogens with one attached hydrogen (secondary N) is 2. The van der Waals surface area contributed by atoms with Crippen LogP contribution < -0.4 is 10.6 Å². The predicted molar refractivity (Wildman–Crippen MR) is 152 cm³/mol. The molecular weight excluding hydrogens is 480 g/mol. The standard InChI is InChI=1S/C29H44N4O3Si/c1-27(2,19-36-5)23(20-13-10-9-11-14-20)31-26(35)33-18-21-22(28(33,3)4)17-30-24(21)32-25(34)29(15-12-16-29)37(6,7)8/h9-11,13-14,23H,12,15-19H2,1-8H3,(H,31,35)(H,30,32,34). The van der Waals surface area contributed by atoms with E-state index in [1.807, 2.05) is 35.2 Å². The molecule has 1 aromatic carbocycles. The maximum Gasteiger partial charge on any atom is 0.318 e. The summed E-state index contributed by atoms with van der Waals surface area (Å²) in [7, 11) is -0.00662. The Kier molecular flexibility index (Phi) is 7.23. The lowest BCUT2D eigenvalue weighted by atomic mass is 9.81. The van der Waals surface area contributed by atoms with Gasteiger partial charge in [0.1, 0.15) is 5.84 Å². The highest BCUT2D eigenvalue weighted by Gasteiger charge is 2.54. The molecule has 0 saturated heterocycles. The van der Waals surface area contributed by atoms with Crippen molar-refractivity contribution in [3.63, 3.8) is 0 Å². The van der Waals surface area contributed by atoms with Gasteiger partial charge in [-0.05, 0) is 37.8 Å². The molecule has 1 unspecified atom stereocenters. The molecule has 4 rings (SSSR count). The Bertz CT molecular complexity index is 1110. The fraction of sp³-hybridized carbons (Fsp3) is 0.621. The van der Waals surface area contributed by atoms with Crippen LogP contribution in [0.1, 0.15) is 58.6 Å². The van der Waals surface area contributed by atoms with Crippen molar-refractivity contribution in [3.8, 4) is 0 Å². The number of methoxy groups -OCH3 is 1. The molecule has 1 atom stereocenters. The maximum atomic E-state index is 13.8.